The zero-order chi connectivity index (χ0) is 19.3. The van der Waals surface area contributed by atoms with E-state index in [2.05, 4.69) is 39.2 Å². The number of benzene rings is 2. The minimum Gasteiger partial charge on any atom is -0.309 e. The molecule has 0 aliphatic carbocycles. The molecule has 0 bridgehead atoms. The van der Waals surface area contributed by atoms with E-state index < -0.39 is 0 Å². The van der Waals surface area contributed by atoms with E-state index in [1.54, 1.807) is 12.2 Å². The second-order valence-corrected chi connectivity index (χ2v) is 6.57. The molecule has 1 N–H and O–H groups in total. The van der Waals surface area contributed by atoms with E-state index in [-0.39, 0.29) is 5.82 Å². The number of halogens is 1. The zero-order valence-electron chi connectivity index (χ0n) is 16.9. The van der Waals surface area contributed by atoms with Gasteiger partial charge in [-0.25, -0.2) is 4.39 Å². The van der Waals surface area contributed by atoms with E-state index in [0.717, 1.165) is 35.2 Å². The highest BCUT2D eigenvalue weighted by Crippen LogP contribution is 2.38. The molecule has 1 heterocycles. The maximum Gasteiger partial charge on any atom is 0.129 e. The molecule has 0 fully saturated rings. The normalized spacial score (nSPS) is 11.8. The zero-order valence-corrected chi connectivity index (χ0v) is 16.9. The van der Waals surface area contributed by atoms with Crippen molar-refractivity contribution in [2.45, 2.75) is 61.6 Å². The lowest BCUT2D eigenvalue weighted by Crippen LogP contribution is -2.22. The van der Waals surface area contributed by atoms with Crippen LogP contribution in [0.25, 0.3) is 10.8 Å². The van der Waals surface area contributed by atoms with Crippen molar-refractivity contribution in [3.63, 3.8) is 0 Å². The van der Waals surface area contributed by atoms with Gasteiger partial charge in [0.05, 0.1) is 0 Å². The molecule has 3 rings (SSSR count). The standard InChI is InChI=1S/C17H20FN.2C3H6/c1-8-9(2)13-6-19-7-14-11(4)17(18)12(5)15(10(8)3)16(13)14;2*1-3-2/h19H,6-7H2,1-5H3;2*3H,1H2,2H3. The number of allylic oxidation sites excluding steroid dienone is 2. The first-order chi connectivity index (χ1) is 11.8. The minimum atomic E-state index is -0.0384. The lowest BCUT2D eigenvalue weighted by molar-refractivity contribution is 0.600. The number of hydrogen-bond donors (Lipinski definition) is 1. The molecule has 1 aliphatic heterocycles. The fourth-order valence-electron chi connectivity index (χ4n) is 3.49. The molecule has 0 amide bonds. The maximum absolute atomic E-state index is 14.4. The number of hydrogen-bond acceptors (Lipinski definition) is 1. The van der Waals surface area contributed by atoms with Gasteiger partial charge in [0, 0.05) is 13.1 Å². The molecule has 0 saturated carbocycles. The van der Waals surface area contributed by atoms with Gasteiger partial charge in [0.1, 0.15) is 5.82 Å². The van der Waals surface area contributed by atoms with Crippen molar-refractivity contribution in [1.82, 2.24) is 5.32 Å². The number of aryl methyl sites for hydroxylation is 2. The highest BCUT2D eigenvalue weighted by molar-refractivity contribution is 5.97. The topological polar surface area (TPSA) is 12.0 Å². The van der Waals surface area contributed by atoms with Crippen LogP contribution in [0.2, 0.25) is 0 Å². The molecule has 1 nitrogen and oxygen atoms in total. The van der Waals surface area contributed by atoms with E-state index in [1.807, 2.05) is 27.7 Å². The van der Waals surface area contributed by atoms with E-state index in [0.29, 0.717) is 0 Å². The largest absolute Gasteiger partial charge is 0.309 e. The Labute approximate surface area is 152 Å². The Balaban J connectivity index is 0.000000460. The summed E-state index contributed by atoms with van der Waals surface area (Å²) in [5.74, 6) is -0.0384. The molecule has 2 aromatic carbocycles. The highest BCUT2D eigenvalue weighted by Gasteiger charge is 2.23. The van der Waals surface area contributed by atoms with E-state index >= 15 is 0 Å². The number of rotatable bonds is 0. The molecule has 2 aromatic rings. The Morgan fingerprint density at radius 1 is 0.720 bits per heavy atom. The summed E-state index contributed by atoms with van der Waals surface area (Å²) in [5.41, 5.74) is 7.99. The van der Waals surface area contributed by atoms with Crippen LogP contribution in [-0.4, -0.2) is 0 Å². The van der Waals surface area contributed by atoms with Crippen molar-refractivity contribution in [2.75, 3.05) is 0 Å². The van der Waals surface area contributed by atoms with E-state index in [9.17, 15) is 4.39 Å². The molecule has 0 aromatic heterocycles. The SMILES string of the molecule is C=CC.C=CC.Cc1c(C)c2c3c(c(C)c(F)c(C)c3c1C)CNC2. The van der Waals surface area contributed by atoms with Crippen LogP contribution in [0.3, 0.4) is 0 Å². The van der Waals surface area contributed by atoms with Crippen LogP contribution in [-0.2, 0) is 13.1 Å². The summed E-state index contributed by atoms with van der Waals surface area (Å²) in [7, 11) is 0. The Hall–Kier alpha value is -1.93. The van der Waals surface area contributed by atoms with Gasteiger partial charge in [-0.05, 0) is 98.2 Å². The van der Waals surface area contributed by atoms with Gasteiger partial charge >= 0.3 is 0 Å². The molecule has 0 atom stereocenters. The predicted octanol–water partition coefficient (Wildman–Crippen LogP) is 6.51. The first-order valence-corrected chi connectivity index (χ1v) is 8.82. The third-order valence-electron chi connectivity index (χ3n) is 4.90. The summed E-state index contributed by atoms with van der Waals surface area (Å²) < 4.78 is 14.4. The molecule has 0 radical (unpaired) electrons. The Bertz CT molecular complexity index is 738. The van der Waals surface area contributed by atoms with Crippen LogP contribution in [0.1, 0.15) is 52.8 Å². The fourth-order valence-corrected chi connectivity index (χ4v) is 3.49. The number of nitrogens with one attached hydrogen (secondary N) is 1. The van der Waals surface area contributed by atoms with Gasteiger partial charge in [-0.2, -0.15) is 0 Å². The quantitative estimate of drug-likeness (QED) is 0.539. The molecule has 2 heteroatoms. The Morgan fingerprint density at radius 2 is 1.16 bits per heavy atom. The van der Waals surface area contributed by atoms with Gasteiger partial charge in [0.25, 0.3) is 0 Å². The predicted molar refractivity (Wildman–Crippen MR) is 110 cm³/mol. The van der Waals surface area contributed by atoms with E-state index in [4.69, 9.17) is 0 Å². The summed E-state index contributed by atoms with van der Waals surface area (Å²) >= 11 is 0. The van der Waals surface area contributed by atoms with Crippen LogP contribution >= 0.6 is 0 Å². The summed E-state index contributed by atoms with van der Waals surface area (Å²) in [6, 6.07) is 0. The Morgan fingerprint density at radius 3 is 1.64 bits per heavy atom. The van der Waals surface area contributed by atoms with Crippen molar-refractivity contribution >= 4 is 10.8 Å². The first-order valence-electron chi connectivity index (χ1n) is 8.82. The van der Waals surface area contributed by atoms with E-state index in [1.165, 1.54) is 27.6 Å². The Kier molecular flexibility index (Phi) is 7.57. The average molecular weight is 342 g/mol. The molecule has 25 heavy (non-hydrogen) atoms. The molecular formula is C23H32FN. The minimum absolute atomic E-state index is 0.0384. The molecule has 0 spiro atoms. The smallest absolute Gasteiger partial charge is 0.129 e. The van der Waals surface area contributed by atoms with Gasteiger partial charge in [-0.15, -0.1) is 13.2 Å². The molecule has 136 valence electrons. The summed E-state index contributed by atoms with van der Waals surface area (Å²) in [4.78, 5) is 0. The second kappa shape index (κ2) is 8.96. The summed E-state index contributed by atoms with van der Waals surface area (Å²) in [5, 5.41) is 5.85. The van der Waals surface area contributed by atoms with Crippen molar-refractivity contribution in [3.05, 3.63) is 70.1 Å². The molecular weight excluding hydrogens is 309 g/mol. The fraction of sp³-hybridized carbons (Fsp3) is 0.391. The van der Waals surface area contributed by atoms with Gasteiger partial charge in [-0.3, -0.25) is 0 Å². The molecule has 0 saturated heterocycles. The molecule has 1 aliphatic rings. The van der Waals surface area contributed by atoms with Crippen molar-refractivity contribution in [3.8, 4) is 0 Å². The van der Waals surface area contributed by atoms with Crippen LogP contribution in [0.15, 0.2) is 25.3 Å². The van der Waals surface area contributed by atoms with Crippen LogP contribution in [0, 0.1) is 40.4 Å². The van der Waals surface area contributed by atoms with Gasteiger partial charge in [0.15, 0.2) is 0 Å². The monoisotopic (exact) mass is 341 g/mol. The highest BCUT2D eigenvalue weighted by atomic mass is 19.1. The van der Waals surface area contributed by atoms with Crippen LogP contribution in [0.5, 0.6) is 0 Å². The van der Waals surface area contributed by atoms with Crippen molar-refractivity contribution < 1.29 is 4.39 Å². The lowest BCUT2D eigenvalue weighted by atomic mass is 9.83. The molecule has 0 unspecified atom stereocenters. The summed E-state index contributed by atoms with van der Waals surface area (Å²) in [6.07, 6.45) is 3.50. The lowest BCUT2D eigenvalue weighted by Gasteiger charge is -2.27. The third-order valence-corrected chi connectivity index (χ3v) is 4.90. The van der Waals surface area contributed by atoms with Gasteiger partial charge < -0.3 is 5.32 Å². The first kappa shape index (κ1) is 21.1. The third kappa shape index (κ3) is 3.85. The second-order valence-electron chi connectivity index (χ2n) is 6.57. The van der Waals surface area contributed by atoms with Crippen molar-refractivity contribution in [2.24, 2.45) is 0 Å². The van der Waals surface area contributed by atoms with Crippen molar-refractivity contribution in [1.29, 1.82) is 0 Å². The summed E-state index contributed by atoms with van der Waals surface area (Å²) in [6.45, 7) is 22.4. The average Bonchev–Trinajstić information content (AvgIpc) is 2.58. The van der Waals surface area contributed by atoms with Gasteiger partial charge in [0.2, 0.25) is 0 Å². The van der Waals surface area contributed by atoms with Crippen LogP contribution in [0.4, 0.5) is 4.39 Å². The van der Waals surface area contributed by atoms with Crippen LogP contribution < -0.4 is 5.32 Å². The maximum atomic E-state index is 14.4. The van der Waals surface area contributed by atoms with Gasteiger partial charge in [-0.1, -0.05) is 12.2 Å².